The highest BCUT2D eigenvalue weighted by Crippen LogP contribution is 2.30. The van der Waals surface area contributed by atoms with Crippen molar-refractivity contribution in [2.45, 2.75) is 27.7 Å². The first kappa shape index (κ1) is 12.8. The van der Waals surface area contributed by atoms with Gasteiger partial charge in [0.1, 0.15) is 13.1 Å². The predicted octanol–water partition coefficient (Wildman–Crippen LogP) is 0.413. The fourth-order valence-corrected chi connectivity index (χ4v) is 2.54. The first-order chi connectivity index (χ1) is 8.44. The average Bonchev–Trinajstić information content (AvgIpc) is 2.69. The van der Waals surface area contributed by atoms with Crippen LogP contribution in [0.15, 0.2) is 28.0 Å². The number of hydrogen-bond acceptors (Lipinski definition) is 4. The van der Waals surface area contributed by atoms with Crippen LogP contribution >= 0.6 is 0 Å². The highest BCUT2D eigenvalue weighted by atomic mass is 16.4. The smallest absolute Gasteiger partial charge is 0.202 e. The van der Waals surface area contributed by atoms with Crippen LogP contribution in [0.25, 0.3) is 0 Å². The Kier molecular flexibility index (Phi) is 3.02. The van der Waals surface area contributed by atoms with Crippen molar-refractivity contribution in [3.05, 3.63) is 22.9 Å². The molecule has 2 heterocycles. The monoisotopic (exact) mass is 249 g/mol. The summed E-state index contributed by atoms with van der Waals surface area (Å²) in [4.78, 5) is 13.3. The number of nitrogens with zero attached hydrogens (tertiary/aromatic N) is 3. The van der Waals surface area contributed by atoms with E-state index in [4.69, 9.17) is 0 Å². The second-order valence-corrected chi connectivity index (χ2v) is 4.85. The van der Waals surface area contributed by atoms with Gasteiger partial charge in [0.05, 0.1) is 5.97 Å². The number of carbonyl (C=O) groups excluding carboxylic acids is 1. The first-order valence-electron chi connectivity index (χ1n) is 6.29. The van der Waals surface area contributed by atoms with E-state index in [2.05, 4.69) is 18.9 Å². The van der Waals surface area contributed by atoms with Crippen molar-refractivity contribution in [1.82, 2.24) is 4.90 Å². The molecular formula is C13H19N3O2. The molecule has 2 rings (SSSR count). The molecule has 0 radical (unpaired) electrons. The van der Waals surface area contributed by atoms with Gasteiger partial charge in [0, 0.05) is 11.3 Å². The molecule has 2 aliphatic rings. The van der Waals surface area contributed by atoms with Gasteiger partial charge in [-0.1, -0.05) is 5.10 Å². The summed E-state index contributed by atoms with van der Waals surface area (Å²) in [5, 5.41) is 15.9. The summed E-state index contributed by atoms with van der Waals surface area (Å²) in [5.74, 6) is -0.594. The molecule has 0 unspecified atom stereocenters. The van der Waals surface area contributed by atoms with E-state index >= 15 is 0 Å². The molecule has 0 atom stereocenters. The van der Waals surface area contributed by atoms with Crippen molar-refractivity contribution in [2.75, 3.05) is 19.8 Å². The van der Waals surface area contributed by atoms with Crippen molar-refractivity contribution in [3.63, 3.8) is 0 Å². The van der Waals surface area contributed by atoms with Gasteiger partial charge in [-0.2, -0.15) is 4.59 Å². The normalized spacial score (nSPS) is 21.7. The fourth-order valence-electron chi connectivity index (χ4n) is 2.54. The van der Waals surface area contributed by atoms with E-state index in [1.165, 1.54) is 0 Å². The lowest BCUT2D eigenvalue weighted by Crippen LogP contribution is -2.45. The van der Waals surface area contributed by atoms with Crippen LogP contribution in [0.3, 0.4) is 0 Å². The highest BCUT2D eigenvalue weighted by molar-refractivity contribution is 6.19. The Morgan fingerprint density at radius 1 is 1.44 bits per heavy atom. The van der Waals surface area contributed by atoms with Crippen molar-refractivity contribution in [1.29, 1.82) is 0 Å². The van der Waals surface area contributed by atoms with Crippen LogP contribution in [0.1, 0.15) is 27.7 Å². The van der Waals surface area contributed by atoms with Crippen LogP contribution in [0.4, 0.5) is 0 Å². The van der Waals surface area contributed by atoms with E-state index in [0.29, 0.717) is 17.1 Å². The summed E-state index contributed by atoms with van der Waals surface area (Å²) in [7, 11) is 0. The molecule has 0 saturated heterocycles. The number of carboxylic acid groups (broad SMARTS) is 1. The molecule has 0 N–H and O–H groups in total. The van der Waals surface area contributed by atoms with E-state index < -0.39 is 5.97 Å². The zero-order valence-corrected chi connectivity index (χ0v) is 11.4. The minimum Gasteiger partial charge on any atom is -0.545 e. The van der Waals surface area contributed by atoms with Gasteiger partial charge >= 0.3 is 0 Å². The molecular weight excluding hydrogens is 230 g/mol. The maximum absolute atomic E-state index is 11.3. The van der Waals surface area contributed by atoms with E-state index in [1.807, 2.05) is 17.9 Å². The second kappa shape index (κ2) is 4.24. The zero-order valence-electron chi connectivity index (χ0n) is 11.4. The van der Waals surface area contributed by atoms with Gasteiger partial charge in [0.25, 0.3) is 0 Å². The lowest BCUT2D eigenvalue weighted by molar-refractivity contribution is -0.931. The minimum atomic E-state index is -1.15. The van der Waals surface area contributed by atoms with Crippen LogP contribution < -0.4 is 5.11 Å². The Hall–Kier alpha value is -1.62. The third-order valence-corrected chi connectivity index (χ3v) is 3.82. The van der Waals surface area contributed by atoms with Gasteiger partial charge in [-0.3, -0.25) is 4.90 Å². The quantitative estimate of drug-likeness (QED) is 0.681. The van der Waals surface area contributed by atoms with Gasteiger partial charge in [-0.15, -0.1) is 0 Å². The van der Waals surface area contributed by atoms with Crippen molar-refractivity contribution >= 4 is 11.8 Å². The fraction of sp³-hybridized carbons (Fsp3) is 0.538. The Labute approximate surface area is 107 Å². The summed E-state index contributed by atoms with van der Waals surface area (Å²) in [6, 6.07) is 0. The zero-order chi connectivity index (χ0) is 13.5. The van der Waals surface area contributed by atoms with Crippen molar-refractivity contribution < 1.29 is 14.5 Å². The van der Waals surface area contributed by atoms with E-state index in [9.17, 15) is 9.90 Å². The van der Waals surface area contributed by atoms with Gasteiger partial charge in [0.2, 0.25) is 5.84 Å². The Morgan fingerprint density at radius 2 is 2.06 bits per heavy atom. The topological polar surface area (TPSA) is 55.7 Å². The number of aliphatic carboxylic acids is 1. The van der Waals surface area contributed by atoms with Crippen LogP contribution in [-0.2, 0) is 4.79 Å². The van der Waals surface area contributed by atoms with Gasteiger partial charge in [-0.05, 0) is 39.3 Å². The number of carbonyl (C=O) groups is 1. The van der Waals surface area contributed by atoms with Crippen LogP contribution in [0, 0.1) is 0 Å². The van der Waals surface area contributed by atoms with Crippen molar-refractivity contribution in [2.24, 2.45) is 5.10 Å². The summed E-state index contributed by atoms with van der Waals surface area (Å²) in [6.07, 6.45) is 1.88. The van der Waals surface area contributed by atoms with Crippen LogP contribution in [-0.4, -0.2) is 41.1 Å². The molecule has 0 amide bonds. The third-order valence-electron chi connectivity index (χ3n) is 3.82. The van der Waals surface area contributed by atoms with E-state index in [1.54, 1.807) is 6.92 Å². The Balaban J connectivity index is 2.55. The Bertz CT molecular complexity index is 484. The number of hydrogen-bond donors (Lipinski definition) is 0. The molecule has 5 heteroatoms. The molecule has 2 aliphatic heterocycles. The van der Waals surface area contributed by atoms with E-state index in [0.717, 1.165) is 24.4 Å². The number of amidine groups is 1. The minimum absolute atomic E-state index is 0.225. The number of carboxylic acids is 1. The molecule has 0 aromatic heterocycles. The third kappa shape index (κ3) is 1.75. The van der Waals surface area contributed by atoms with E-state index in [-0.39, 0.29) is 5.57 Å². The van der Waals surface area contributed by atoms with Gasteiger partial charge in [0.15, 0.2) is 6.67 Å². The average molecular weight is 249 g/mol. The molecule has 5 nitrogen and oxygen atoms in total. The summed E-state index contributed by atoms with van der Waals surface area (Å²) < 4.78 is 0.546. The standard InChI is InChI=1S/C13H19N3O2/c1-5-16(6-2)8-15-10(4)7-9(3)11(13(17)18)12(15)14-16/h7H,5-6,8H2,1-4H3. The molecule has 0 aromatic rings. The predicted molar refractivity (Wildman–Crippen MR) is 66.9 cm³/mol. The van der Waals surface area contributed by atoms with Crippen LogP contribution in [0.5, 0.6) is 0 Å². The molecule has 98 valence electrons. The molecule has 0 spiro atoms. The summed E-state index contributed by atoms with van der Waals surface area (Å²) >= 11 is 0. The van der Waals surface area contributed by atoms with Crippen LogP contribution in [0.2, 0.25) is 0 Å². The molecule has 0 saturated carbocycles. The SMILES string of the molecule is CC[N+]1(CC)CN2C(C)=CC(C)=C(C(=O)[O-])C2=N1. The number of rotatable bonds is 3. The Morgan fingerprint density at radius 3 is 2.56 bits per heavy atom. The highest BCUT2D eigenvalue weighted by Gasteiger charge is 2.41. The van der Waals surface area contributed by atoms with Gasteiger partial charge in [-0.25, -0.2) is 0 Å². The molecule has 0 bridgehead atoms. The first-order valence-corrected chi connectivity index (χ1v) is 6.29. The molecule has 0 aromatic carbocycles. The largest absolute Gasteiger partial charge is 0.545 e. The molecule has 0 fully saturated rings. The number of quaternary nitrogens is 1. The number of allylic oxidation sites excluding steroid dienone is 3. The molecule has 18 heavy (non-hydrogen) atoms. The van der Waals surface area contributed by atoms with Crippen molar-refractivity contribution in [3.8, 4) is 0 Å². The lowest BCUT2D eigenvalue weighted by Gasteiger charge is -2.29. The number of fused-ring (bicyclic) bond motifs is 1. The summed E-state index contributed by atoms with van der Waals surface area (Å²) in [5.41, 5.74) is 1.98. The second-order valence-electron chi connectivity index (χ2n) is 4.85. The van der Waals surface area contributed by atoms with Gasteiger partial charge < -0.3 is 9.90 Å². The lowest BCUT2D eigenvalue weighted by atomic mass is 10.0. The maximum Gasteiger partial charge on any atom is 0.202 e. The summed E-state index contributed by atoms with van der Waals surface area (Å²) in [6.45, 7) is 10.3. The molecule has 0 aliphatic carbocycles. The maximum atomic E-state index is 11.3.